The molecule has 1 aliphatic rings. The van der Waals surface area contributed by atoms with Crippen LogP contribution in [0.1, 0.15) is 25.0 Å². The maximum absolute atomic E-state index is 2.54. The summed E-state index contributed by atoms with van der Waals surface area (Å²) in [5.41, 5.74) is 32.0. The highest BCUT2D eigenvalue weighted by molar-refractivity contribution is 7.27. The Labute approximate surface area is 850 Å². The Morgan fingerprint density at radius 3 is 0.938 bits per heavy atom. The van der Waals surface area contributed by atoms with Crippen LogP contribution in [0.3, 0.4) is 0 Å². The predicted octanol–water partition coefficient (Wildman–Crippen LogP) is 38.7. The zero-order valence-electron chi connectivity index (χ0n) is 79.6. The van der Waals surface area contributed by atoms with Gasteiger partial charge >= 0.3 is 0 Å². The summed E-state index contributed by atoms with van der Waals surface area (Å²) in [6.07, 6.45) is 0. The maximum atomic E-state index is 2.54. The van der Waals surface area contributed by atoms with E-state index in [4.69, 9.17) is 0 Å². The molecule has 0 N–H and O–H groups in total. The standard InChI is InChI=1S/C48H30N2S.C45H30N2S.C44H26N2S/c1-4-14-31(15-5-1)33-26-34(32-16-6-2-7-17-32)28-36(27-33)50-43-25-24-39-38-21-11-13-23-46(38)51-48(39)47(43)41-29-40-37-20-10-12-22-42(37)49(44(40)30-45(41)50)35-18-8-3-9-19-35;1-45(2)36-17-9-6-14-29(36)30-21-20-28(24-37(30)45)47-39-23-22-33-32-16-8-11-19-42(32)48-44(33)43(39)35-25-34-31-15-7-10-18-38(31)46(40(34)26-41(35)47)27-12-4-3-5-13-27;1-2-13-28(14-3-1)45-37-20-10-8-18-32(37)35-25-36-41(26-40(35)45)46(38-23-22-34-33-19-9-11-21-42(33)47-44(34)43(36)38)39-24-27-12-4-5-15-29(27)30-16-6-7-17-31(30)39/h1-30H;3-26H,1-2H3;1-26H. The third kappa shape index (κ3) is 12.3. The van der Waals surface area contributed by atoms with E-state index in [1.807, 2.05) is 34.0 Å². The van der Waals surface area contributed by atoms with Gasteiger partial charge in [-0.25, -0.2) is 0 Å². The molecule has 0 unspecified atom stereocenters. The third-order valence-corrected chi connectivity index (χ3v) is 35.1. The fourth-order valence-corrected chi connectivity index (χ4v) is 28.8. The molecule has 9 heterocycles. The first-order chi connectivity index (χ1) is 72.2. The number of para-hydroxylation sites is 6. The predicted molar refractivity (Wildman–Crippen MR) is 627 cm³/mol. The van der Waals surface area contributed by atoms with Crippen molar-refractivity contribution in [2.45, 2.75) is 19.3 Å². The summed E-state index contributed by atoms with van der Waals surface area (Å²) in [4.78, 5) is 0. The second kappa shape index (κ2) is 32.0. The average Bonchev–Trinajstić information content (AvgIpc) is 1.54. The van der Waals surface area contributed by atoms with Gasteiger partial charge in [0.15, 0.2) is 0 Å². The lowest BCUT2D eigenvalue weighted by atomic mass is 9.82. The van der Waals surface area contributed by atoms with Gasteiger partial charge in [0.2, 0.25) is 0 Å². The zero-order chi connectivity index (χ0) is 95.8. The number of hydrogen-bond acceptors (Lipinski definition) is 3. The zero-order valence-corrected chi connectivity index (χ0v) is 82.0. The Balaban J connectivity index is 0.0000000995. The summed E-state index contributed by atoms with van der Waals surface area (Å²) < 4.78 is 22.9. The number of fused-ring (bicyclic) bond motifs is 36. The van der Waals surface area contributed by atoms with Crippen molar-refractivity contribution in [1.29, 1.82) is 0 Å². The number of hydrogen-bond donors (Lipinski definition) is 0. The van der Waals surface area contributed by atoms with Crippen molar-refractivity contribution >= 4 is 247 Å². The van der Waals surface area contributed by atoms with Gasteiger partial charge in [0.25, 0.3) is 0 Å². The SMILES string of the molecule is CC1(C)c2ccccc2-c2ccc(-n3c4cc5c(cc4c4c6sc7ccccc7c6ccc43)c3ccccc3n5-c3ccccc3)cc21.c1ccc(-c2cc(-c3ccccc3)cc(-n3c4cc5c(cc4c4c6sc7ccccc7c6ccc43)c3ccccc3n5-c3ccccc3)c2)cc1.c1ccc(-n2c3ccccc3c3cc4c5c6sc7ccccc7c6ccc5n(-c5cc6ccccc6c6ccccc56)c4cc32)cc1. The molecule has 0 saturated heterocycles. The van der Waals surface area contributed by atoms with Crippen molar-refractivity contribution in [3.63, 3.8) is 0 Å². The molecule has 0 amide bonds. The molecule has 682 valence electrons. The van der Waals surface area contributed by atoms with Crippen molar-refractivity contribution in [1.82, 2.24) is 27.4 Å². The van der Waals surface area contributed by atoms with E-state index in [1.165, 1.54) is 280 Å². The van der Waals surface area contributed by atoms with Gasteiger partial charge in [-0.3, -0.25) is 0 Å². The first kappa shape index (κ1) is 82.7. The molecule has 1 aliphatic carbocycles. The Bertz CT molecular complexity index is 11100. The average molecular weight is 1910 g/mol. The largest absolute Gasteiger partial charge is 0.309 e. The summed E-state index contributed by atoms with van der Waals surface area (Å²) in [5.74, 6) is 0. The van der Waals surface area contributed by atoms with Crippen molar-refractivity contribution < 1.29 is 0 Å². The molecule has 0 spiro atoms. The first-order valence-corrected chi connectivity index (χ1v) is 52.7. The second-order valence-electron chi connectivity index (χ2n) is 39.6. The maximum Gasteiger partial charge on any atom is 0.0563 e. The quantitative estimate of drug-likeness (QED) is 0.136. The van der Waals surface area contributed by atoms with Gasteiger partial charge in [-0.2, -0.15) is 0 Å². The molecule has 0 radical (unpaired) electrons. The Morgan fingerprint density at radius 2 is 0.493 bits per heavy atom. The van der Waals surface area contributed by atoms with Crippen LogP contribution in [0.15, 0.2) is 485 Å². The first-order valence-electron chi connectivity index (χ1n) is 50.2. The van der Waals surface area contributed by atoms with Crippen molar-refractivity contribution in [3.05, 3.63) is 496 Å². The topological polar surface area (TPSA) is 29.6 Å². The van der Waals surface area contributed by atoms with Gasteiger partial charge in [-0.15, -0.1) is 34.0 Å². The van der Waals surface area contributed by atoms with Gasteiger partial charge < -0.3 is 27.4 Å². The van der Waals surface area contributed by atoms with Crippen LogP contribution in [0.25, 0.3) is 280 Å². The van der Waals surface area contributed by atoms with E-state index in [0.717, 1.165) is 11.4 Å². The molecule has 0 saturated carbocycles. The van der Waals surface area contributed by atoms with Gasteiger partial charge in [-0.05, 0) is 224 Å². The van der Waals surface area contributed by atoms with Crippen LogP contribution in [0.4, 0.5) is 0 Å². The number of rotatable bonds is 8. The van der Waals surface area contributed by atoms with Crippen LogP contribution in [0.2, 0.25) is 0 Å². The fraction of sp³-hybridized carbons (Fsp3) is 0.0219. The van der Waals surface area contributed by atoms with E-state index < -0.39 is 0 Å². The highest BCUT2D eigenvalue weighted by Crippen LogP contribution is 2.55. The number of nitrogens with zero attached hydrogens (tertiary/aromatic N) is 6. The molecule has 33 rings (SSSR count). The highest BCUT2D eigenvalue weighted by atomic mass is 32.1. The molecule has 9 aromatic heterocycles. The molecule has 146 heavy (non-hydrogen) atoms. The van der Waals surface area contributed by atoms with E-state index in [0.29, 0.717) is 0 Å². The molecule has 9 heteroatoms. The van der Waals surface area contributed by atoms with E-state index in [2.05, 4.69) is 527 Å². The molecule has 23 aromatic carbocycles. The van der Waals surface area contributed by atoms with E-state index >= 15 is 0 Å². The summed E-state index contributed by atoms with van der Waals surface area (Å²) >= 11 is 5.74. The molecule has 0 bridgehead atoms. The van der Waals surface area contributed by atoms with Gasteiger partial charge in [0.05, 0.1) is 71.9 Å². The summed E-state index contributed by atoms with van der Waals surface area (Å²) in [6.45, 7) is 4.74. The summed E-state index contributed by atoms with van der Waals surface area (Å²) in [7, 11) is 0. The fourth-order valence-electron chi connectivity index (χ4n) is 25.0. The molecule has 0 atom stereocenters. The summed E-state index contributed by atoms with van der Waals surface area (Å²) in [6, 6.07) is 179. The lowest BCUT2D eigenvalue weighted by molar-refractivity contribution is 0.660. The van der Waals surface area contributed by atoms with Crippen molar-refractivity contribution in [2.24, 2.45) is 0 Å². The second-order valence-corrected chi connectivity index (χ2v) is 42.8. The van der Waals surface area contributed by atoms with Crippen LogP contribution >= 0.6 is 34.0 Å². The lowest BCUT2D eigenvalue weighted by Crippen LogP contribution is -2.15. The van der Waals surface area contributed by atoms with Crippen LogP contribution in [0, 0.1) is 0 Å². The van der Waals surface area contributed by atoms with Crippen molar-refractivity contribution in [2.75, 3.05) is 0 Å². The molecular weight excluding hydrogens is 1830 g/mol. The number of thiophene rings is 3. The molecular formula is C137H86N6S3. The molecule has 6 nitrogen and oxygen atoms in total. The molecule has 32 aromatic rings. The van der Waals surface area contributed by atoms with Crippen LogP contribution in [-0.4, -0.2) is 27.4 Å². The lowest BCUT2D eigenvalue weighted by Gasteiger charge is -2.22. The normalized spacial score (nSPS) is 12.6. The third-order valence-electron chi connectivity index (χ3n) is 31.4. The molecule has 0 aliphatic heterocycles. The van der Waals surface area contributed by atoms with Gasteiger partial charge in [-0.1, -0.05) is 335 Å². The molecule has 0 fully saturated rings. The minimum Gasteiger partial charge on any atom is -0.309 e. The van der Waals surface area contributed by atoms with Gasteiger partial charge in [0.1, 0.15) is 0 Å². The monoisotopic (exact) mass is 1910 g/mol. The van der Waals surface area contributed by atoms with E-state index in [9.17, 15) is 0 Å². The van der Waals surface area contributed by atoms with Crippen molar-refractivity contribution in [3.8, 4) is 67.5 Å². The Morgan fingerprint density at radius 1 is 0.164 bits per heavy atom. The van der Waals surface area contributed by atoms with E-state index in [1.54, 1.807) is 0 Å². The number of benzene rings is 23. The summed E-state index contributed by atoms with van der Waals surface area (Å²) in [5, 5.41) is 28.5. The smallest absolute Gasteiger partial charge is 0.0563 e. The minimum absolute atomic E-state index is 0.0769. The number of aromatic nitrogens is 6. The van der Waals surface area contributed by atoms with Crippen LogP contribution in [0.5, 0.6) is 0 Å². The van der Waals surface area contributed by atoms with Crippen LogP contribution in [-0.2, 0) is 5.41 Å². The van der Waals surface area contributed by atoms with E-state index in [-0.39, 0.29) is 5.41 Å². The minimum atomic E-state index is -0.0769. The Kier molecular flexibility index (Phi) is 18.1. The van der Waals surface area contributed by atoms with Crippen LogP contribution < -0.4 is 0 Å². The highest BCUT2D eigenvalue weighted by Gasteiger charge is 2.37. The Hall–Kier alpha value is -18.0. The van der Waals surface area contributed by atoms with Gasteiger partial charge in [0, 0.05) is 164 Å².